The van der Waals surface area contributed by atoms with Gasteiger partial charge in [0.15, 0.2) is 0 Å². The molecule has 0 radical (unpaired) electrons. The third-order valence-corrected chi connectivity index (χ3v) is 6.77. The number of nitrogens with zero attached hydrogens (tertiary/aromatic N) is 3. The molecule has 29 heavy (non-hydrogen) atoms. The lowest BCUT2D eigenvalue weighted by molar-refractivity contribution is -0.137. The molecule has 0 saturated carbocycles. The molecule has 1 fully saturated rings. The molecule has 3 rings (SSSR count). The summed E-state index contributed by atoms with van der Waals surface area (Å²) in [6, 6.07) is 9.71. The minimum atomic E-state index is -4.64. The topological polar surface area (TPSA) is 84.6 Å². The number of anilines is 1. The highest BCUT2D eigenvalue weighted by atomic mass is 32.2. The molecule has 1 atom stereocenters. The number of phenolic OH excluding ortho intramolecular Hbond substituents is 1. The Balaban J connectivity index is 1.89. The van der Waals surface area contributed by atoms with Crippen LogP contribution < -0.4 is 4.90 Å². The standard InChI is InChI=1S/C19H18F3N3O3S/c1-13-12-24(18-6-5-14(11-23)9-17(18)19(20,21)22)7-8-25(13)29(27,28)16-4-2-3-15(26)10-16/h2-6,9-10,13,26H,7-8,12H2,1H3/t13-/m1/s1. The van der Waals surface area contributed by atoms with Crippen molar-refractivity contribution in [1.29, 1.82) is 5.26 Å². The van der Waals surface area contributed by atoms with Crippen LogP contribution in [0, 0.1) is 11.3 Å². The van der Waals surface area contributed by atoms with Gasteiger partial charge in [0.2, 0.25) is 10.0 Å². The van der Waals surface area contributed by atoms with Crippen LogP contribution in [-0.2, 0) is 16.2 Å². The fourth-order valence-corrected chi connectivity index (χ4v) is 5.06. The Morgan fingerprint density at radius 2 is 1.90 bits per heavy atom. The Labute approximate surface area is 166 Å². The van der Waals surface area contributed by atoms with Crippen LogP contribution >= 0.6 is 0 Å². The summed E-state index contributed by atoms with van der Waals surface area (Å²) >= 11 is 0. The van der Waals surface area contributed by atoms with Gasteiger partial charge < -0.3 is 10.0 Å². The Bertz CT molecular complexity index is 1060. The Morgan fingerprint density at radius 3 is 2.48 bits per heavy atom. The molecule has 0 aliphatic carbocycles. The summed E-state index contributed by atoms with van der Waals surface area (Å²) in [5.74, 6) is -0.190. The molecule has 154 valence electrons. The molecular weight excluding hydrogens is 407 g/mol. The quantitative estimate of drug-likeness (QED) is 0.817. The van der Waals surface area contributed by atoms with E-state index in [1.807, 2.05) is 0 Å². The predicted octanol–water partition coefficient (Wildman–Crippen LogP) is 3.18. The lowest BCUT2D eigenvalue weighted by Gasteiger charge is -2.40. The molecule has 10 heteroatoms. The number of nitriles is 1. The van der Waals surface area contributed by atoms with Gasteiger partial charge >= 0.3 is 6.18 Å². The number of piperazine rings is 1. The van der Waals surface area contributed by atoms with E-state index in [0.717, 1.165) is 12.1 Å². The monoisotopic (exact) mass is 425 g/mol. The molecule has 0 bridgehead atoms. The van der Waals surface area contributed by atoms with E-state index in [-0.39, 0.29) is 41.5 Å². The third kappa shape index (κ3) is 4.16. The first kappa shape index (κ1) is 21.0. The summed E-state index contributed by atoms with van der Waals surface area (Å²) in [6.45, 7) is 1.70. The average molecular weight is 425 g/mol. The maximum absolute atomic E-state index is 13.5. The Hall–Kier alpha value is -2.77. The molecule has 1 heterocycles. The van der Waals surface area contributed by atoms with Crippen LogP contribution in [0.5, 0.6) is 5.75 Å². The summed E-state index contributed by atoms with van der Waals surface area (Å²) in [5.41, 5.74) is -1.11. The van der Waals surface area contributed by atoms with E-state index in [2.05, 4.69) is 0 Å². The van der Waals surface area contributed by atoms with Gasteiger partial charge in [0.05, 0.1) is 22.1 Å². The van der Waals surface area contributed by atoms with Gasteiger partial charge in [-0.25, -0.2) is 8.42 Å². The molecule has 6 nitrogen and oxygen atoms in total. The minimum Gasteiger partial charge on any atom is -0.508 e. The van der Waals surface area contributed by atoms with E-state index in [4.69, 9.17) is 5.26 Å². The Morgan fingerprint density at radius 1 is 1.17 bits per heavy atom. The molecule has 0 spiro atoms. The molecule has 1 saturated heterocycles. The first-order valence-corrected chi connectivity index (χ1v) is 10.1. The molecule has 0 aromatic heterocycles. The van der Waals surface area contributed by atoms with Gasteiger partial charge in [-0.3, -0.25) is 0 Å². The van der Waals surface area contributed by atoms with Crippen LogP contribution in [-0.4, -0.2) is 43.5 Å². The van der Waals surface area contributed by atoms with E-state index in [0.29, 0.717) is 0 Å². The molecule has 1 aliphatic heterocycles. The zero-order valence-corrected chi connectivity index (χ0v) is 16.2. The summed E-state index contributed by atoms with van der Waals surface area (Å²) in [5, 5.41) is 18.5. The SMILES string of the molecule is C[C@@H]1CN(c2ccc(C#N)cc2C(F)(F)F)CCN1S(=O)(=O)c1cccc(O)c1. The predicted molar refractivity (Wildman–Crippen MR) is 99.8 cm³/mol. The average Bonchev–Trinajstić information content (AvgIpc) is 2.66. The second-order valence-corrected chi connectivity index (χ2v) is 8.64. The fourth-order valence-electron chi connectivity index (χ4n) is 3.40. The maximum Gasteiger partial charge on any atom is 0.418 e. The molecule has 2 aromatic carbocycles. The van der Waals surface area contributed by atoms with Gasteiger partial charge in [-0.2, -0.15) is 22.7 Å². The number of rotatable bonds is 3. The van der Waals surface area contributed by atoms with Crippen LogP contribution in [0.2, 0.25) is 0 Å². The van der Waals surface area contributed by atoms with Gasteiger partial charge in [0, 0.05) is 31.4 Å². The second kappa shape index (κ2) is 7.57. The molecule has 1 N–H and O–H groups in total. The summed E-state index contributed by atoms with van der Waals surface area (Å²) < 4.78 is 67.4. The lowest BCUT2D eigenvalue weighted by atomic mass is 10.1. The van der Waals surface area contributed by atoms with Crippen molar-refractivity contribution in [1.82, 2.24) is 4.31 Å². The summed E-state index contributed by atoms with van der Waals surface area (Å²) in [7, 11) is -3.91. The van der Waals surface area contributed by atoms with E-state index in [1.54, 1.807) is 13.0 Å². The lowest BCUT2D eigenvalue weighted by Crippen LogP contribution is -2.54. The second-order valence-electron chi connectivity index (χ2n) is 6.75. The first-order chi connectivity index (χ1) is 13.5. The van der Waals surface area contributed by atoms with E-state index >= 15 is 0 Å². The van der Waals surface area contributed by atoms with Gasteiger partial charge in [-0.15, -0.1) is 0 Å². The molecule has 1 aliphatic rings. The minimum absolute atomic E-state index is 0.0174. The number of halogens is 3. The zero-order chi connectivity index (χ0) is 21.4. The van der Waals surface area contributed by atoms with Crippen LogP contribution in [0.15, 0.2) is 47.4 Å². The number of phenols is 1. The van der Waals surface area contributed by atoms with E-state index in [1.165, 1.54) is 39.5 Å². The van der Waals surface area contributed by atoms with Gasteiger partial charge in [-0.05, 0) is 43.3 Å². The van der Waals surface area contributed by atoms with Crippen molar-refractivity contribution in [2.24, 2.45) is 0 Å². The van der Waals surface area contributed by atoms with Gasteiger partial charge in [0.1, 0.15) is 5.75 Å². The van der Waals surface area contributed by atoms with Crippen molar-refractivity contribution in [3.05, 3.63) is 53.6 Å². The number of benzene rings is 2. The summed E-state index contributed by atoms with van der Waals surface area (Å²) in [6.07, 6.45) is -4.64. The Kier molecular flexibility index (Phi) is 5.47. The van der Waals surface area contributed by atoms with Crippen LogP contribution in [0.25, 0.3) is 0 Å². The number of sulfonamides is 1. The number of hydrogen-bond acceptors (Lipinski definition) is 5. The molecule has 0 amide bonds. The van der Waals surface area contributed by atoms with Gasteiger partial charge in [-0.1, -0.05) is 6.07 Å². The van der Waals surface area contributed by atoms with E-state index in [9.17, 15) is 26.7 Å². The molecule has 0 unspecified atom stereocenters. The highest BCUT2D eigenvalue weighted by Gasteiger charge is 2.39. The number of aromatic hydroxyl groups is 1. The molecule has 2 aromatic rings. The smallest absolute Gasteiger partial charge is 0.418 e. The number of alkyl halides is 3. The van der Waals surface area contributed by atoms with Crippen molar-refractivity contribution in [3.63, 3.8) is 0 Å². The fraction of sp³-hybridized carbons (Fsp3) is 0.316. The maximum atomic E-state index is 13.5. The van der Waals surface area contributed by atoms with Crippen LogP contribution in [0.4, 0.5) is 18.9 Å². The van der Waals surface area contributed by atoms with E-state index < -0.39 is 27.8 Å². The third-order valence-electron chi connectivity index (χ3n) is 4.76. The summed E-state index contributed by atoms with van der Waals surface area (Å²) in [4.78, 5) is 1.40. The highest BCUT2D eigenvalue weighted by Crippen LogP contribution is 2.38. The van der Waals surface area contributed by atoms with Crippen molar-refractivity contribution in [2.75, 3.05) is 24.5 Å². The highest BCUT2D eigenvalue weighted by molar-refractivity contribution is 7.89. The van der Waals surface area contributed by atoms with Crippen molar-refractivity contribution in [2.45, 2.75) is 24.0 Å². The van der Waals surface area contributed by atoms with Crippen LogP contribution in [0.3, 0.4) is 0 Å². The largest absolute Gasteiger partial charge is 0.508 e. The van der Waals surface area contributed by atoms with Crippen molar-refractivity contribution in [3.8, 4) is 11.8 Å². The molecular formula is C19H18F3N3O3S. The van der Waals surface area contributed by atoms with Crippen LogP contribution in [0.1, 0.15) is 18.1 Å². The first-order valence-electron chi connectivity index (χ1n) is 8.71. The van der Waals surface area contributed by atoms with Gasteiger partial charge in [0.25, 0.3) is 0 Å². The van der Waals surface area contributed by atoms with Crippen molar-refractivity contribution < 1.29 is 26.7 Å². The zero-order valence-electron chi connectivity index (χ0n) is 15.4. The normalized spacial score (nSPS) is 18.4. The van der Waals surface area contributed by atoms with Crippen molar-refractivity contribution >= 4 is 15.7 Å². The number of hydrogen-bond donors (Lipinski definition) is 1.